The number of thiophene rings is 1. The van der Waals surface area contributed by atoms with E-state index < -0.39 is 0 Å². The summed E-state index contributed by atoms with van der Waals surface area (Å²) in [5, 5.41) is 9.85. The molecule has 24 heavy (non-hydrogen) atoms. The number of amides is 2. The molecule has 3 heterocycles. The summed E-state index contributed by atoms with van der Waals surface area (Å²) in [6.07, 6.45) is 2.59. The number of nitrogens with one attached hydrogen (secondary N) is 2. The number of hydrogen-bond donors (Lipinski definition) is 2. The molecule has 1 fully saturated rings. The predicted octanol–water partition coefficient (Wildman–Crippen LogP) is 3.15. The lowest BCUT2D eigenvalue weighted by Crippen LogP contribution is -2.40. The Balaban J connectivity index is 1.57. The number of anilines is 1. The Bertz CT molecular complexity index is 762. The Labute approximate surface area is 148 Å². The number of carbonyl (C=O) groups excluding carboxylic acids is 2. The topological polar surface area (TPSA) is 78.1 Å². The Morgan fingerprint density at radius 2 is 2.17 bits per heavy atom. The van der Waals surface area contributed by atoms with Crippen molar-refractivity contribution < 1.29 is 9.59 Å². The molecule has 126 valence electrons. The summed E-state index contributed by atoms with van der Waals surface area (Å²) in [7, 11) is 0. The molecule has 0 bridgehead atoms. The van der Waals surface area contributed by atoms with Gasteiger partial charge in [-0.15, -0.1) is 11.3 Å². The summed E-state index contributed by atoms with van der Waals surface area (Å²) >= 11 is 7.37. The van der Waals surface area contributed by atoms with Crippen LogP contribution in [0.1, 0.15) is 12.8 Å². The van der Waals surface area contributed by atoms with E-state index in [0.717, 1.165) is 10.6 Å². The average molecular weight is 365 g/mol. The molecule has 1 aliphatic rings. The summed E-state index contributed by atoms with van der Waals surface area (Å²) in [5.74, 6) is 0.225. The second kappa shape index (κ2) is 7.19. The third-order valence-corrected chi connectivity index (χ3v) is 5.28. The maximum Gasteiger partial charge on any atom is 0.245 e. The number of halogens is 1. The molecule has 8 heteroatoms. The van der Waals surface area contributed by atoms with Gasteiger partial charge in [0, 0.05) is 25.1 Å². The number of hydrogen-bond acceptors (Lipinski definition) is 4. The number of piperidine rings is 1. The Kier molecular flexibility index (Phi) is 5.01. The maximum absolute atomic E-state index is 12.4. The molecule has 0 aromatic carbocycles. The monoisotopic (exact) mass is 364 g/mol. The van der Waals surface area contributed by atoms with Gasteiger partial charge in [-0.05, 0) is 31.1 Å². The van der Waals surface area contributed by atoms with E-state index in [0.29, 0.717) is 36.1 Å². The van der Waals surface area contributed by atoms with E-state index in [-0.39, 0.29) is 17.7 Å². The zero-order valence-electron chi connectivity index (χ0n) is 12.9. The van der Waals surface area contributed by atoms with Crippen LogP contribution in [0, 0.1) is 5.92 Å². The lowest BCUT2D eigenvalue weighted by molar-refractivity contribution is -0.130. The fourth-order valence-corrected chi connectivity index (χ4v) is 3.70. The predicted molar refractivity (Wildman–Crippen MR) is 95.0 cm³/mol. The highest BCUT2D eigenvalue weighted by Crippen LogP contribution is 2.30. The van der Waals surface area contributed by atoms with E-state index >= 15 is 0 Å². The molecular weight excluding hydrogens is 348 g/mol. The van der Waals surface area contributed by atoms with Crippen molar-refractivity contribution in [3.8, 4) is 10.6 Å². The van der Waals surface area contributed by atoms with Crippen LogP contribution in [0.15, 0.2) is 30.9 Å². The first-order valence-corrected chi connectivity index (χ1v) is 8.79. The zero-order chi connectivity index (χ0) is 17.1. The Morgan fingerprint density at radius 3 is 2.79 bits per heavy atom. The van der Waals surface area contributed by atoms with Crippen LogP contribution < -0.4 is 5.32 Å². The summed E-state index contributed by atoms with van der Waals surface area (Å²) in [6.45, 7) is 4.63. The molecule has 3 rings (SSSR count). The zero-order valence-corrected chi connectivity index (χ0v) is 14.5. The summed E-state index contributed by atoms with van der Waals surface area (Å²) < 4.78 is 0.700. The number of carbonyl (C=O) groups is 2. The number of aromatic amines is 1. The van der Waals surface area contributed by atoms with Crippen molar-refractivity contribution in [2.75, 3.05) is 18.4 Å². The minimum Gasteiger partial charge on any atom is -0.339 e. The molecule has 6 nitrogen and oxygen atoms in total. The fourth-order valence-electron chi connectivity index (χ4n) is 2.69. The molecule has 0 radical (unpaired) electrons. The molecule has 0 atom stereocenters. The van der Waals surface area contributed by atoms with Gasteiger partial charge in [0.05, 0.1) is 14.9 Å². The normalized spacial score (nSPS) is 15.3. The lowest BCUT2D eigenvalue weighted by Gasteiger charge is -2.30. The van der Waals surface area contributed by atoms with E-state index in [1.54, 1.807) is 11.0 Å². The first-order valence-electron chi connectivity index (χ1n) is 7.60. The van der Waals surface area contributed by atoms with Crippen LogP contribution >= 0.6 is 22.9 Å². The quantitative estimate of drug-likeness (QED) is 0.818. The Hall–Kier alpha value is -2.12. The minimum absolute atomic E-state index is 0.0667. The van der Waals surface area contributed by atoms with Crippen molar-refractivity contribution in [1.29, 1.82) is 0 Å². The number of aromatic nitrogens is 2. The second-order valence-electron chi connectivity index (χ2n) is 5.56. The third kappa shape index (κ3) is 3.68. The first-order chi connectivity index (χ1) is 11.6. The van der Waals surface area contributed by atoms with E-state index in [9.17, 15) is 9.59 Å². The molecule has 0 spiro atoms. The van der Waals surface area contributed by atoms with Crippen molar-refractivity contribution >= 4 is 40.6 Å². The van der Waals surface area contributed by atoms with Gasteiger partial charge in [0.25, 0.3) is 0 Å². The van der Waals surface area contributed by atoms with Gasteiger partial charge in [-0.3, -0.25) is 14.7 Å². The van der Waals surface area contributed by atoms with Crippen LogP contribution in [-0.2, 0) is 9.59 Å². The Morgan fingerprint density at radius 1 is 1.42 bits per heavy atom. The van der Waals surface area contributed by atoms with Crippen molar-refractivity contribution in [2.24, 2.45) is 5.92 Å². The van der Waals surface area contributed by atoms with Crippen LogP contribution in [-0.4, -0.2) is 40.0 Å². The first kappa shape index (κ1) is 16.7. The molecule has 1 aliphatic heterocycles. The number of H-pyrrole nitrogens is 1. The highest BCUT2D eigenvalue weighted by atomic mass is 35.5. The number of rotatable bonds is 4. The number of likely N-dealkylation sites (tertiary alicyclic amines) is 1. The van der Waals surface area contributed by atoms with E-state index in [4.69, 9.17) is 11.6 Å². The fraction of sp³-hybridized carbons (Fsp3) is 0.312. The minimum atomic E-state index is -0.116. The van der Waals surface area contributed by atoms with E-state index in [1.807, 2.05) is 12.1 Å². The molecule has 1 saturated heterocycles. The standard InChI is InChI=1S/C16H17ClN4O2S/c1-2-15(22)21-7-5-10(6-8-21)16(23)18-14-9-11(19-20-14)12-3-4-13(17)24-12/h2-4,9-10H,1,5-8H2,(H2,18,19,20,23). The van der Waals surface area contributed by atoms with Gasteiger partial charge in [-0.1, -0.05) is 18.2 Å². The maximum atomic E-state index is 12.4. The third-order valence-electron chi connectivity index (χ3n) is 4.02. The largest absolute Gasteiger partial charge is 0.339 e. The summed E-state index contributed by atoms with van der Waals surface area (Å²) in [6, 6.07) is 5.51. The summed E-state index contributed by atoms with van der Waals surface area (Å²) in [4.78, 5) is 26.6. The van der Waals surface area contributed by atoms with E-state index in [2.05, 4.69) is 22.1 Å². The highest BCUT2D eigenvalue weighted by molar-refractivity contribution is 7.19. The van der Waals surface area contributed by atoms with Crippen LogP contribution in [0.4, 0.5) is 5.82 Å². The van der Waals surface area contributed by atoms with Gasteiger partial charge < -0.3 is 10.2 Å². The SMILES string of the molecule is C=CC(=O)N1CCC(C(=O)Nc2cc(-c3ccc(Cl)s3)[nH]n2)CC1. The van der Waals surface area contributed by atoms with Crippen molar-refractivity contribution in [1.82, 2.24) is 15.1 Å². The number of nitrogens with zero attached hydrogens (tertiary/aromatic N) is 2. The highest BCUT2D eigenvalue weighted by Gasteiger charge is 2.26. The van der Waals surface area contributed by atoms with Gasteiger partial charge in [0.1, 0.15) is 0 Å². The van der Waals surface area contributed by atoms with Crippen molar-refractivity contribution in [3.05, 3.63) is 35.2 Å². The van der Waals surface area contributed by atoms with Gasteiger partial charge >= 0.3 is 0 Å². The van der Waals surface area contributed by atoms with Crippen molar-refractivity contribution in [2.45, 2.75) is 12.8 Å². The molecule has 0 aliphatic carbocycles. The van der Waals surface area contributed by atoms with Crippen molar-refractivity contribution in [3.63, 3.8) is 0 Å². The molecule has 2 amide bonds. The van der Waals surface area contributed by atoms with E-state index in [1.165, 1.54) is 17.4 Å². The summed E-state index contributed by atoms with van der Waals surface area (Å²) in [5.41, 5.74) is 0.814. The lowest BCUT2D eigenvalue weighted by atomic mass is 9.96. The van der Waals surface area contributed by atoms with Crippen LogP contribution in [0.25, 0.3) is 10.6 Å². The molecule has 2 aromatic rings. The van der Waals surface area contributed by atoms with Gasteiger partial charge in [-0.25, -0.2) is 0 Å². The van der Waals surface area contributed by atoms with Crippen LogP contribution in [0.2, 0.25) is 4.34 Å². The molecule has 0 unspecified atom stereocenters. The molecule has 2 N–H and O–H groups in total. The molecular formula is C16H17ClN4O2S. The average Bonchev–Trinajstić information content (AvgIpc) is 3.23. The van der Waals surface area contributed by atoms with Crippen LogP contribution in [0.5, 0.6) is 0 Å². The van der Waals surface area contributed by atoms with Crippen LogP contribution in [0.3, 0.4) is 0 Å². The van der Waals surface area contributed by atoms with Gasteiger partial charge in [0.15, 0.2) is 5.82 Å². The molecule has 0 saturated carbocycles. The molecule has 2 aromatic heterocycles. The smallest absolute Gasteiger partial charge is 0.245 e. The second-order valence-corrected chi connectivity index (χ2v) is 7.28. The van der Waals surface area contributed by atoms with Gasteiger partial charge in [0.2, 0.25) is 11.8 Å². The van der Waals surface area contributed by atoms with Gasteiger partial charge in [-0.2, -0.15) is 5.10 Å².